The highest BCUT2D eigenvalue weighted by Crippen LogP contribution is 2.10. The van der Waals surface area contributed by atoms with Crippen LogP contribution < -0.4 is 15.8 Å². The molecule has 1 aromatic carbocycles. The smallest absolute Gasteiger partial charge is 0.223 e. The van der Waals surface area contributed by atoms with Crippen LogP contribution >= 0.6 is 0 Å². The lowest BCUT2D eigenvalue weighted by atomic mass is 10.1. The summed E-state index contributed by atoms with van der Waals surface area (Å²) in [4.78, 5) is 11.7. The van der Waals surface area contributed by atoms with Gasteiger partial charge in [-0.2, -0.15) is 0 Å². The molecule has 100 valence electrons. The predicted octanol–water partition coefficient (Wildman–Crippen LogP) is 1.55. The standard InChI is InChI=1S/C14H22N2O2/c1-11(14(17)16-12(2)10-15)8-9-18-13-6-4-3-5-7-13/h3-7,11-12H,8-10,15H2,1-2H3,(H,16,17)/t11?,12-/m0/s1. The third-order valence-corrected chi connectivity index (χ3v) is 2.75. The lowest BCUT2D eigenvalue weighted by Gasteiger charge is -2.16. The van der Waals surface area contributed by atoms with Gasteiger partial charge in [-0.3, -0.25) is 4.79 Å². The third-order valence-electron chi connectivity index (χ3n) is 2.75. The van der Waals surface area contributed by atoms with E-state index in [1.807, 2.05) is 44.2 Å². The molecule has 0 aliphatic carbocycles. The molecule has 1 amide bonds. The van der Waals surface area contributed by atoms with E-state index in [9.17, 15) is 4.79 Å². The molecule has 2 atom stereocenters. The van der Waals surface area contributed by atoms with Crippen LogP contribution in [0.2, 0.25) is 0 Å². The second kappa shape index (κ2) is 7.71. The molecule has 4 nitrogen and oxygen atoms in total. The van der Waals surface area contributed by atoms with Crippen LogP contribution in [0.1, 0.15) is 20.3 Å². The van der Waals surface area contributed by atoms with E-state index >= 15 is 0 Å². The van der Waals surface area contributed by atoms with Gasteiger partial charge in [0.1, 0.15) is 5.75 Å². The van der Waals surface area contributed by atoms with Crippen molar-refractivity contribution in [3.8, 4) is 5.75 Å². The fourth-order valence-electron chi connectivity index (χ4n) is 1.45. The molecule has 0 bridgehead atoms. The summed E-state index contributed by atoms with van der Waals surface area (Å²) in [6, 6.07) is 9.62. The van der Waals surface area contributed by atoms with Gasteiger partial charge >= 0.3 is 0 Å². The van der Waals surface area contributed by atoms with Gasteiger partial charge < -0.3 is 15.8 Å². The summed E-state index contributed by atoms with van der Waals surface area (Å²) in [6.07, 6.45) is 0.692. The van der Waals surface area contributed by atoms with Crippen molar-refractivity contribution in [3.05, 3.63) is 30.3 Å². The zero-order valence-corrected chi connectivity index (χ0v) is 11.1. The highest BCUT2D eigenvalue weighted by atomic mass is 16.5. The number of carbonyl (C=O) groups excluding carboxylic acids is 1. The van der Waals surface area contributed by atoms with Gasteiger partial charge in [-0.05, 0) is 25.5 Å². The van der Waals surface area contributed by atoms with Crippen LogP contribution in [-0.2, 0) is 4.79 Å². The average molecular weight is 250 g/mol. The van der Waals surface area contributed by atoms with E-state index < -0.39 is 0 Å². The lowest BCUT2D eigenvalue weighted by molar-refractivity contribution is -0.125. The van der Waals surface area contributed by atoms with Crippen molar-refractivity contribution in [3.63, 3.8) is 0 Å². The molecule has 0 aromatic heterocycles. The highest BCUT2D eigenvalue weighted by Gasteiger charge is 2.14. The Kier molecular flexibility index (Phi) is 6.22. The van der Waals surface area contributed by atoms with Crippen molar-refractivity contribution in [1.29, 1.82) is 0 Å². The molecule has 0 heterocycles. The Morgan fingerprint density at radius 2 is 2.00 bits per heavy atom. The Morgan fingerprint density at radius 3 is 2.61 bits per heavy atom. The topological polar surface area (TPSA) is 64.3 Å². The number of amides is 1. The van der Waals surface area contributed by atoms with Gasteiger partial charge in [0.2, 0.25) is 5.91 Å². The van der Waals surface area contributed by atoms with E-state index in [0.29, 0.717) is 19.6 Å². The van der Waals surface area contributed by atoms with Gasteiger partial charge in [0, 0.05) is 18.5 Å². The quantitative estimate of drug-likeness (QED) is 0.771. The minimum atomic E-state index is -0.0669. The van der Waals surface area contributed by atoms with Crippen molar-refractivity contribution >= 4 is 5.91 Å². The maximum Gasteiger partial charge on any atom is 0.223 e. The maximum absolute atomic E-state index is 11.7. The summed E-state index contributed by atoms with van der Waals surface area (Å²) >= 11 is 0. The van der Waals surface area contributed by atoms with Crippen LogP contribution in [0, 0.1) is 5.92 Å². The van der Waals surface area contributed by atoms with Gasteiger partial charge in [0.05, 0.1) is 6.61 Å². The molecule has 1 unspecified atom stereocenters. The Hall–Kier alpha value is -1.55. The molecule has 0 saturated carbocycles. The minimum absolute atomic E-state index is 0.0231. The molecular formula is C14H22N2O2. The average Bonchev–Trinajstić information content (AvgIpc) is 2.39. The molecule has 0 aliphatic heterocycles. The number of hydrogen-bond donors (Lipinski definition) is 2. The largest absolute Gasteiger partial charge is 0.494 e. The summed E-state index contributed by atoms with van der Waals surface area (Å²) in [7, 11) is 0. The van der Waals surface area contributed by atoms with Crippen LogP contribution in [0.3, 0.4) is 0 Å². The van der Waals surface area contributed by atoms with Crippen molar-refractivity contribution in [2.75, 3.05) is 13.2 Å². The monoisotopic (exact) mass is 250 g/mol. The molecule has 0 spiro atoms. The second-order valence-corrected chi connectivity index (χ2v) is 4.50. The Morgan fingerprint density at radius 1 is 1.33 bits per heavy atom. The number of rotatable bonds is 7. The Balaban J connectivity index is 2.24. The number of hydrogen-bond acceptors (Lipinski definition) is 3. The Labute approximate surface area is 109 Å². The second-order valence-electron chi connectivity index (χ2n) is 4.50. The zero-order chi connectivity index (χ0) is 13.4. The van der Waals surface area contributed by atoms with Crippen molar-refractivity contribution in [2.45, 2.75) is 26.3 Å². The molecular weight excluding hydrogens is 228 g/mol. The molecule has 0 fully saturated rings. The number of para-hydroxylation sites is 1. The first-order valence-corrected chi connectivity index (χ1v) is 6.31. The molecule has 0 radical (unpaired) electrons. The Bertz CT molecular complexity index is 354. The van der Waals surface area contributed by atoms with Crippen LogP contribution in [-0.4, -0.2) is 25.1 Å². The molecule has 3 N–H and O–H groups in total. The van der Waals surface area contributed by atoms with Crippen molar-refractivity contribution < 1.29 is 9.53 Å². The predicted molar refractivity (Wildman–Crippen MR) is 72.4 cm³/mol. The van der Waals surface area contributed by atoms with Gasteiger partial charge in [0.15, 0.2) is 0 Å². The summed E-state index contributed by atoms with van der Waals surface area (Å²) in [5.41, 5.74) is 5.46. The maximum atomic E-state index is 11.7. The lowest BCUT2D eigenvalue weighted by Crippen LogP contribution is -2.40. The molecule has 0 saturated heterocycles. The zero-order valence-electron chi connectivity index (χ0n) is 11.1. The van der Waals surface area contributed by atoms with Gasteiger partial charge in [-0.25, -0.2) is 0 Å². The van der Waals surface area contributed by atoms with Crippen molar-refractivity contribution in [1.82, 2.24) is 5.32 Å². The van der Waals surface area contributed by atoms with E-state index in [0.717, 1.165) is 5.75 Å². The van der Waals surface area contributed by atoms with Gasteiger partial charge in [0.25, 0.3) is 0 Å². The fourth-order valence-corrected chi connectivity index (χ4v) is 1.45. The first kappa shape index (κ1) is 14.5. The number of nitrogens with two attached hydrogens (primary N) is 1. The fraction of sp³-hybridized carbons (Fsp3) is 0.500. The number of benzene rings is 1. The van der Waals surface area contributed by atoms with Crippen LogP contribution in [0.15, 0.2) is 30.3 Å². The first-order valence-electron chi connectivity index (χ1n) is 6.31. The van der Waals surface area contributed by atoms with E-state index in [2.05, 4.69) is 5.32 Å². The van der Waals surface area contributed by atoms with E-state index in [1.165, 1.54) is 0 Å². The summed E-state index contributed by atoms with van der Waals surface area (Å²) in [6.45, 7) is 4.78. The summed E-state index contributed by atoms with van der Waals surface area (Å²) in [5, 5.41) is 2.86. The van der Waals surface area contributed by atoms with Crippen LogP contribution in [0.25, 0.3) is 0 Å². The van der Waals surface area contributed by atoms with Gasteiger partial charge in [-0.1, -0.05) is 25.1 Å². The summed E-state index contributed by atoms with van der Waals surface area (Å²) < 4.78 is 5.55. The van der Waals surface area contributed by atoms with E-state index in [-0.39, 0.29) is 17.9 Å². The van der Waals surface area contributed by atoms with E-state index in [4.69, 9.17) is 10.5 Å². The summed E-state index contributed by atoms with van der Waals surface area (Å²) in [5.74, 6) is 0.799. The number of carbonyl (C=O) groups is 1. The first-order chi connectivity index (χ1) is 8.63. The third kappa shape index (κ3) is 5.19. The molecule has 18 heavy (non-hydrogen) atoms. The van der Waals surface area contributed by atoms with Crippen molar-refractivity contribution in [2.24, 2.45) is 11.7 Å². The highest BCUT2D eigenvalue weighted by molar-refractivity contribution is 5.78. The van der Waals surface area contributed by atoms with Crippen LogP contribution in [0.5, 0.6) is 5.75 Å². The SMILES string of the molecule is CC(CCOc1ccccc1)C(=O)N[C@@H](C)CN. The molecule has 0 aliphatic rings. The van der Waals surface area contributed by atoms with Crippen LogP contribution in [0.4, 0.5) is 0 Å². The molecule has 1 aromatic rings. The minimum Gasteiger partial charge on any atom is -0.494 e. The van der Waals surface area contributed by atoms with Gasteiger partial charge in [-0.15, -0.1) is 0 Å². The molecule has 1 rings (SSSR count). The van der Waals surface area contributed by atoms with E-state index in [1.54, 1.807) is 0 Å². The molecule has 4 heteroatoms. The normalized spacial score (nSPS) is 13.7. The number of ether oxygens (including phenoxy) is 1. The number of nitrogens with one attached hydrogen (secondary N) is 1.